The number of aromatic nitrogens is 2. The van der Waals surface area contributed by atoms with Gasteiger partial charge in [-0.05, 0) is 6.42 Å². The number of benzene rings is 1. The van der Waals surface area contributed by atoms with Crippen LogP contribution in [0.5, 0.6) is 0 Å². The van der Waals surface area contributed by atoms with E-state index in [4.69, 9.17) is 11.6 Å². The van der Waals surface area contributed by atoms with Crippen molar-refractivity contribution >= 4 is 11.6 Å². The van der Waals surface area contributed by atoms with Crippen LogP contribution in [0.15, 0.2) is 54.0 Å². The van der Waals surface area contributed by atoms with E-state index >= 15 is 0 Å². The molecule has 2 rings (SSSR count). The zero-order valence-corrected chi connectivity index (χ0v) is 10.6. The molecule has 0 unspecified atom stereocenters. The fraction of sp³-hybridized carbons (Fsp3) is 0.143. The van der Waals surface area contributed by atoms with E-state index in [0.717, 1.165) is 5.56 Å². The Morgan fingerprint density at radius 2 is 2.06 bits per heavy atom. The van der Waals surface area contributed by atoms with Crippen molar-refractivity contribution in [2.24, 2.45) is 0 Å². The van der Waals surface area contributed by atoms with Gasteiger partial charge in [0.1, 0.15) is 10.8 Å². The molecule has 0 saturated heterocycles. The first kappa shape index (κ1) is 12.6. The number of allylic oxidation sites excluding steroid dienone is 1. The van der Waals surface area contributed by atoms with Gasteiger partial charge >= 0.3 is 0 Å². The molecule has 0 atom stereocenters. The fourth-order valence-electron chi connectivity index (χ4n) is 1.69. The van der Waals surface area contributed by atoms with Crippen LogP contribution in [0.3, 0.4) is 0 Å². The van der Waals surface area contributed by atoms with Crippen LogP contribution in [0.1, 0.15) is 6.42 Å². The standard InChI is InChI=1S/C14H13ClN2O/c1-2-3-9-17-10-12(15)16-13(14(17)18)11-7-5-4-6-8-11/h2,4-8,10H,1,3,9H2. The van der Waals surface area contributed by atoms with Crippen LogP contribution in [0, 0.1) is 0 Å². The molecular weight excluding hydrogens is 248 g/mol. The monoisotopic (exact) mass is 260 g/mol. The van der Waals surface area contributed by atoms with Crippen molar-refractivity contribution in [2.75, 3.05) is 0 Å². The maximum absolute atomic E-state index is 12.2. The molecular formula is C14H13ClN2O. The van der Waals surface area contributed by atoms with E-state index in [0.29, 0.717) is 23.8 Å². The summed E-state index contributed by atoms with van der Waals surface area (Å²) >= 11 is 5.95. The van der Waals surface area contributed by atoms with Crippen LogP contribution < -0.4 is 5.56 Å². The summed E-state index contributed by atoms with van der Waals surface area (Å²) in [5.41, 5.74) is 1.02. The number of hydrogen-bond acceptors (Lipinski definition) is 2. The van der Waals surface area contributed by atoms with Crippen molar-refractivity contribution in [3.63, 3.8) is 0 Å². The predicted octanol–water partition coefficient (Wildman–Crippen LogP) is 3.14. The fourth-order valence-corrected chi connectivity index (χ4v) is 1.89. The lowest BCUT2D eigenvalue weighted by atomic mass is 10.1. The number of nitrogens with zero attached hydrogens (tertiary/aromatic N) is 2. The van der Waals surface area contributed by atoms with E-state index in [-0.39, 0.29) is 5.56 Å². The summed E-state index contributed by atoms with van der Waals surface area (Å²) in [6.45, 7) is 4.20. The predicted molar refractivity (Wildman–Crippen MR) is 73.8 cm³/mol. The minimum atomic E-state index is -0.132. The third-order valence-corrected chi connectivity index (χ3v) is 2.75. The maximum atomic E-state index is 12.2. The molecule has 0 aliphatic heterocycles. The molecule has 18 heavy (non-hydrogen) atoms. The highest BCUT2D eigenvalue weighted by Crippen LogP contribution is 2.14. The number of hydrogen-bond donors (Lipinski definition) is 0. The summed E-state index contributed by atoms with van der Waals surface area (Å²) in [6.07, 6.45) is 4.04. The van der Waals surface area contributed by atoms with Crippen LogP contribution in [0.2, 0.25) is 5.15 Å². The second-order valence-electron chi connectivity index (χ2n) is 3.85. The molecule has 1 aromatic heterocycles. The van der Waals surface area contributed by atoms with E-state index in [1.807, 2.05) is 30.3 Å². The quantitative estimate of drug-likeness (QED) is 0.792. The summed E-state index contributed by atoms with van der Waals surface area (Å²) in [6, 6.07) is 9.32. The van der Waals surface area contributed by atoms with Crippen molar-refractivity contribution in [1.29, 1.82) is 0 Å². The highest BCUT2D eigenvalue weighted by Gasteiger charge is 2.09. The molecule has 4 heteroatoms. The second-order valence-corrected chi connectivity index (χ2v) is 4.24. The van der Waals surface area contributed by atoms with Crippen molar-refractivity contribution in [1.82, 2.24) is 9.55 Å². The summed E-state index contributed by atoms with van der Waals surface area (Å²) in [5.74, 6) is 0. The third-order valence-electron chi connectivity index (χ3n) is 2.57. The molecule has 2 aromatic rings. The van der Waals surface area contributed by atoms with Gasteiger partial charge in [0.25, 0.3) is 5.56 Å². The smallest absolute Gasteiger partial charge is 0.277 e. The Hall–Kier alpha value is -1.87. The van der Waals surface area contributed by atoms with E-state index in [2.05, 4.69) is 11.6 Å². The molecule has 0 aliphatic carbocycles. The van der Waals surface area contributed by atoms with Crippen molar-refractivity contribution in [3.05, 3.63) is 64.7 Å². The molecule has 0 amide bonds. The molecule has 0 bridgehead atoms. The van der Waals surface area contributed by atoms with Crippen molar-refractivity contribution < 1.29 is 0 Å². The first-order chi connectivity index (χ1) is 8.72. The van der Waals surface area contributed by atoms with E-state index in [1.165, 1.54) is 0 Å². The lowest BCUT2D eigenvalue weighted by Gasteiger charge is -2.07. The highest BCUT2D eigenvalue weighted by atomic mass is 35.5. The number of rotatable bonds is 4. The average Bonchev–Trinajstić information content (AvgIpc) is 2.40. The van der Waals surface area contributed by atoms with E-state index < -0.39 is 0 Å². The van der Waals surface area contributed by atoms with Gasteiger partial charge in [0, 0.05) is 18.3 Å². The van der Waals surface area contributed by atoms with E-state index in [9.17, 15) is 4.79 Å². The SMILES string of the molecule is C=CCCn1cc(Cl)nc(-c2ccccc2)c1=O. The normalized spacial score (nSPS) is 10.3. The Bertz CT molecular complexity index is 605. The lowest BCUT2D eigenvalue weighted by molar-refractivity contribution is 0.677. The third kappa shape index (κ3) is 2.68. The molecule has 0 spiro atoms. The van der Waals surface area contributed by atoms with Crippen molar-refractivity contribution in [3.8, 4) is 11.3 Å². The van der Waals surface area contributed by atoms with Gasteiger partial charge in [-0.3, -0.25) is 4.79 Å². The van der Waals surface area contributed by atoms with Crippen LogP contribution in [0.25, 0.3) is 11.3 Å². The summed E-state index contributed by atoms with van der Waals surface area (Å²) in [5, 5.41) is 0.317. The number of halogens is 1. The van der Waals surface area contributed by atoms with Crippen LogP contribution in [-0.4, -0.2) is 9.55 Å². The van der Waals surface area contributed by atoms with Gasteiger partial charge in [-0.25, -0.2) is 4.98 Å². The van der Waals surface area contributed by atoms with Crippen LogP contribution in [0.4, 0.5) is 0 Å². The maximum Gasteiger partial charge on any atom is 0.277 e. The first-order valence-corrected chi connectivity index (χ1v) is 6.03. The Balaban J connectivity index is 2.52. The Kier molecular flexibility index (Phi) is 3.95. The Morgan fingerprint density at radius 3 is 2.72 bits per heavy atom. The summed E-state index contributed by atoms with van der Waals surface area (Å²) in [7, 11) is 0. The molecule has 0 saturated carbocycles. The molecule has 0 aliphatic rings. The van der Waals surface area contributed by atoms with Gasteiger partial charge < -0.3 is 4.57 Å². The topological polar surface area (TPSA) is 34.9 Å². The second kappa shape index (κ2) is 5.65. The molecule has 92 valence electrons. The minimum absolute atomic E-state index is 0.132. The van der Waals surface area contributed by atoms with Gasteiger partial charge in [0.15, 0.2) is 0 Å². The minimum Gasteiger partial charge on any atom is -0.310 e. The van der Waals surface area contributed by atoms with Crippen LogP contribution in [-0.2, 0) is 6.54 Å². The summed E-state index contributed by atoms with van der Waals surface area (Å²) < 4.78 is 1.57. The Labute approximate surface area is 110 Å². The largest absolute Gasteiger partial charge is 0.310 e. The molecule has 3 nitrogen and oxygen atoms in total. The van der Waals surface area contributed by atoms with E-state index in [1.54, 1.807) is 16.8 Å². The van der Waals surface area contributed by atoms with Gasteiger partial charge in [-0.15, -0.1) is 6.58 Å². The van der Waals surface area contributed by atoms with Crippen LogP contribution >= 0.6 is 11.6 Å². The van der Waals surface area contributed by atoms with Gasteiger partial charge in [-0.2, -0.15) is 0 Å². The number of aryl methyl sites for hydroxylation is 1. The molecule has 0 fully saturated rings. The zero-order valence-electron chi connectivity index (χ0n) is 9.84. The molecule has 0 radical (unpaired) electrons. The van der Waals surface area contributed by atoms with Crippen molar-refractivity contribution in [2.45, 2.75) is 13.0 Å². The van der Waals surface area contributed by atoms with Gasteiger partial charge in [-0.1, -0.05) is 48.0 Å². The lowest BCUT2D eigenvalue weighted by Crippen LogP contribution is -2.22. The Morgan fingerprint density at radius 1 is 1.33 bits per heavy atom. The first-order valence-electron chi connectivity index (χ1n) is 5.65. The van der Waals surface area contributed by atoms with Gasteiger partial charge in [0.2, 0.25) is 0 Å². The summed E-state index contributed by atoms with van der Waals surface area (Å²) in [4.78, 5) is 16.4. The molecule has 1 heterocycles. The average molecular weight is 261 g/mol. The van der Waals surface area contributed by atoms with Gasteiger partial charge in [0.05, 0.1) is 0 Å². The highest BCUT2D eigenvalue weighted by molar-refractivity contribution is 6.29. The zero-order chi connectivity index (χ0) is 13.0. The molecule has 0 N–H and O–H groups in total. The molecule has 1 aromatic carbocycles.